The fraction of sp³-hybridized carbons (Fsp3) is 0.438. The predicted octanol–water partition coefficient (Wildman–Crippen LogP) is 3.62. The van der Waals surface area contributed by atoms with Crippen LogP contribution in [-0.4, -0.2) is 19.7 Å². The van der Waals surface area contributed by atoms with Gasteiger partial charge < -0.3 is 0 Å². The standard InChI is InChI=1S/C16H18N4S/c1-9-4-5-12-13(6-9)21-16-14(12)15(17-8-18-16)20-11(3)7-10(2)19-20/h7-9H,4-6H2,1-3H3. The summed E-state index contributed by atoms with van der Waals surface area (Å²) >= 11 is 1.83. The van der Waals surface area contributed by atoms with E-state index < -0.39 is 0 Å². The third-order valence-corrected chi connectivity index (χ3v) is 5.44. The van der Waals surface area contributed by atoms with Crippen LogP contribution in [0.4, 0.5) is 0 Å². The average molecular weight is 298 g/mol. The van der Waals surface area contributed by atoms with Crippen LogP contribution < -0.4 is 0 Å². The topological polar surface area (TPSA) is 43.6 Å². The summed E-state index contributed by atoms with van der Waals surface area (Å²) in [5.41, 5.74) is 3.60. The first-order valence-electron chi connectivity index (χ1n) is 7.42. The number of fused-ring (bicyclic) bond motifs is 3. The Morgan fingerprint density at radius 1 is 1.29 bits per heavy atom. The molecule has 21 heavy (non-hydrogen) atoms. The Morgan fingerprint density at radius 3 is 2.90 bits per heavy atom. The maximum Gasteiger partial charge on any atom is 0.165 e. The van der Waals surface area contributed by atoms with Gasteiger partial charge in [-0.1, -0.05) is 6.92 Å². The molecule has 0 aliphatic heterocycles. The minimum Gasteiger partial charge on any atom is -0.225 e. The Labute approximate surface area is 127 Å². The second-order valence-electron chi connectivity index (χ2n) is 6.07. The maximum absolute atomic E-state index is 4.61. The monoisotopic (exact) mass is 298 g/mol. The zero-order valence-corrected chi connectivity index (χ0v) is 13.4. The van der Waals surface area contributed by atoms with Crippen LogP contribution in [0.1, 0.15) is 35.2 Å². The van der Waals surface area contributed by atoms with Crippen molar-refractivity contribution in [3.05, 3.63) is 34.2 Å². The molecule has 1 aliphatic rings. The quantitative estimate of drug-likeness (QED) is 0.689. The van der Waals surface area contributed by atoms with Crippen LogP contribution in [0.25, 0.3) is 16.0 Å². The molecule has 0 saturated carbocycles. The van der Waals surface area contributed by atoms with E-state index in [1.165, 1.54) is 28.7 Å². The molecule has 5 heteroatoms. The Bertz CT molecular complexity index is 830. The Balaban J connectivity index is 2.00. The fourth-order valence-electron chi connectivity index (χ4n) is 3.26. The Hall–Kier alpha value is -1.75. The summed E-state index contributed by atoms with van der Waals surface area (Å²) in [5.74, 6) is 1.72. The molecule has 0 fully saturated rings. The first-order chi connectivity index (χ1) is 10.1. The first kappa shape index (κ1) is 13.0. The first-order valence-corrected chi connectivity index (χ1v) is 8.24. The molecule has 1 atom stereocenters. The maximum atomic E-state index is 4.61. The predicted molar refractivity (Wildman–Crippen MR) is 85.2 cm³/mol. The van der Waals surface area contributed by atoms with Crippen molar-refractivity contribution in [1.82, 2.24) is 19.7 Å². The van der Waals surface area contributed by atoms with E-state index in [1.807, 2.05) is 22.9 Å². The van der Waals surface area contributed by atoms with Crippen molar-refractivity contribution in [1.29, 1.82) is 0 Å². The summed E-state index contributed by atoms with van der Waals surface area (Å²) < 4.78 is 1.96. The molecule has 0 N–H and O–H groups in total. The van der Waals surface area contributed by atoms with Gasteiger partial charge in [-0.15, -0.1) is 11.3 Å². The van der Waals surface area contributed by atoms with Gasteiger partial charge in [0.1, 0.15) is 11.2 Å². The molecular formula is C16H18N4S. The molecule has 4 rings (SSSR count). The van der Waals surface area contributed by atoms with Gasteiger partial charge in [-0.25, -0.2) is 14.6 Å². The van der Waals surface area contributed by atoms with Crippen molar-refractivity contribution in [3.63, 3.8) is 0 Å². The minimum absolute atomic E-state index is 0.774. The van der Waals surface area contributed by atoms with Gasteiger partial charge >= 0.3 is 0 Å². The third kappa shape index (κ3) is 1.99. The number of nitrogens with zero attached hydrogens (tertiary/aromatic N) is 4. The van der Waals surface area contributed by atoms with Crippen molar-refractivity contribution in [2.75, 3.05) is 0 Å². The van der Waals surface area contributed by atoms with Gasteiger partial charge in [-0.3, -0.25) is 0 Å². The van der Waals surface area contributed by atoms with E-state index >= 15 is 0 Å². The molecule has 4 nitrogen and oxygen atoms in total. The molecule has 3 aromatic rings. The molecule has 3 aromatic heterocycles. The lowest BCUT2D eigenvalue weighted by Crippen LogP contribution is -2.10. The second-order valence-corrected chi connectivity index (χ2v) is 7.15. The largest absolute Gasteiger partial charge is 0.225 e. The van der Waals surface area contributed by atoms with Crippen LogP contribution in [0.15, 0.2) is 12.4 Å². The molecule has 0 aromatic carbocycles. The van der Waals surface area contributed by atoms with E-state index in [2.05, 4.69) is 35.0 Å². The number of hydrogen-bond donors (Lipinski definition) is 0. The average Bonchev–Trinajstić information content (AvgIpc) is 2.97. The number of thiophene rings is 1. The van der Waals surface area contributed by atoms with Crippen LogP contribution in [0, 0.1) is 19.8 Å². The van der Waals surface area contributed by atoms with Crippen molar-refractivity contribution >= 4 is 21.6 Å². The van der Waals surface area contributed by atoms with E-state index in [0.717, 1.165) is 34.4 Å². The second kappa shape index (κ2) is 4.63. The smallest absolute Gasteiger partial charge is 0.165 e. The van der Waals surface area contributed by atoms with Crippen LogP contribution in [0.3, 0.4) is 0 Å². The normalized spacial score (nSPS) is 18.1. The van der Waals surface area contributed by atoms with E-state index in [4.69, 9.17) is 0 Å². The van der Waals surface area contributed by atoms with Crippen LogP contribution in [0.2, 0.25) is 0 Å². The molecule has 3 heterocycles. The minimum atomic E-state index is 0.774. The van der Waals surface area contributed by atoms with Gasteiger partial charge in [0.2, 0.25) is 0 Å². The SMILES string of the molecule is Cc1cc(C)n(-c2ncnc3sc4c(c23)CCC(C)C4)n1. The highest BCUT2D eigenvalue weighted by Gasteiger charge is 2.24. The molecule has 108 valence electrons. The van der Waals surface area contributed by atoms with Crippen molar-refractivity contribution in [2.45, 2.75) is 40.0 Å². The van der Waals surface area contributed by atoms with Gasteiger partial charge in [-0.2, -0.15) is 5.10 Å². The van der Waals surface area contributed by atoms with Crippen LogP contribution in [0.5, 0.6) is 0 Å². The zero-order valence-electron chi connectivity index (χ0n) is 12.6. The summed E-state index contributed by atoms with van der Waals surface area (Å²) in [4.78, 5) is 11.6. The number of hydrogen-bond acceptors (Lipinski definition) is 4. The van der Waals surface area contributed by atoms with E-state index in [1.54, 1.807) is 6.33 Å². The lowest BCUT2D eigenvalue weighted by atomic mass is 9.89. The highest BCUT2D eigenvalue weighted by atomic mass is 32.1. The fourth-order valence-corrected chi connectivity index (χ4v) is 4.61. The summed E-state index contributed by atoms with van der Waals surface area (Å²) in [5, 5.41) is 5.82. The number of aryl methyl sites for hydroxylation is 3. The molecule has 1 aliphatic carbocycles. The molecule has 0 bridgehead atoms. The highest BCUT2D eigenvalue weighted by Crippen LogP contribution is 2.39. The molecule has 1 unspecified atom stereocenters. The van der Waals surface area contributed by atoms with Gasteiger partial charge in [0.05, 0.1) is 11.1 Å². The van der Waals surface area contributed by atoms with Crippen molar-refractivity contribution in [3.8, 4) is 5.82 Å². The zero-order chi connectivity index (χ0) is 14.6. The lowest BCUT2D eigenvalue weighted by molar-refractivity contribution is 0.509. The van der Waals surface area contributed by atoms with E-state index in [9.17, 15) is 0 Å². The Morgan fingerprint density at radius 2 is 2.14 bits per heavy atom. The molecule has 0 spiro atoms. The van der Waals surface area contributed by atoms with E-state index in [0.29, 0.717) is 0 Å². The summed E-state index contributed by atoms with van der Waals surface area (Å²) in [7, 11) is 0. The summed E-state index contributed by atoms with van der Waals surface area (Å²) in [6.07, 6.45) is 5.23. The number of aromatic nitrogens is 4. The number of rotatable bonds is 1. The lowest BCUT2D eigenvalue weighted by Gasteiger charge is -2.18. The Kier molecular flexibility index (Phi) is 2.85. The van der Waals surface area contributed by atoms with Crippen molar-refractivity contribution < 1.29 is 0 Å². The van der Waals surface area contributed by atoms with Crippen LogP contribution in [-0.2, 0) is 12.8 Å². The van der Waals surface area contributed by atoms with E-state index in [-0.39, 0.29) is 0 Å². The molecular weight excluding hydrogens is 280 g/mol. The molecule has 0 saturated heterocycles. The molecule has 0 radical (unpaired) electrons. The van der Waals surface area contributed by atoms with Gasteiger partial charge in [-0.05, 0) is 50.7 Å². The third-order valence-electron chi connectivity index (χ3n) is 4.28. The van der Waals surface area contributed by atoms with Crippen LogP contribution >= 0.6 is 11.3 Å². The summed E-state index contributed by atoms with van der Waals surface area (Å²) in [6.45, 7) is 6.43. The summed E-state index contributed by atoms with van der Waals surface area (Å²) in [6, 6.07) is 2.09. The van der Waals surface area contributed by atoms with Gasteiger partial charge in [0, 0.05) is 10.6 Å². The van der Waals surface area contributed by atoms with Crippen molar-refractivity contribution in [2.24, 2.45) is 5.92 Å². The van der Waals surface area contributed by atoms with Gasteiger partial charge in [0.25, 0.3) is 0 Å². The van der Waals surface area contributed by atoms with Gasteiger partial charge in [0.15, 0.2) is 5.82 Å². The molecule has 0 amide bonds. The highest BCUT2D eigenvalue weighted by molar-refractivity contribution is 7.18.